The van der Waals surface area contributed by atoms with Crippen LogP contribution in [-0.4, -0.2) is 36.8 Å². The minimum Gasteiger partial charge on any atom is -0.480 e. The van der Waals surface area contributed by atoms with Crippen molar-refractivity contribution in [2.75, 3.05) is 13.7 Å². The number of esters is 1. The molecule has 1 heterocycles. The summed E-state index contributed by atoms with van der Waals surface area (Å²) in [6, 6.07) is 6.78. The summed E-state index contributed by atoms with van der Waals surface area (Å²) in [6.45, 7) is -0.169. The van der Waals surface area contributed by atoms with Gasteiger partial charge in [-0.1, -0.05) is 11.6 Å². The summed E-state index contributed by atoms with van der Waals surface area (Å²) in [5.74, 6) is -0.333. The molecule has 0 aliphatic heterocycles. The monoisotopic (exact) mass is 599 g/mol. The molecular formula is C16H12ClI2N3O4. The second-order valence-electron chi connectivity index (χ2n) is 4.72. The second kappa shape index (κ2) is 10.0. The Morgan fingerprint density at radius 2 is 2.04 bits per heavy atom. The van der Waals surface area contributed by atoms with Crippen LogP contribution in [-0.2, 0) is 9.53 Å². The molecule has 0 bridgehead atoms. The summed E-state index contributed by atoms with van der Waals surface area (Å²) in [7, 11) is 1.30. The van der Waals surface area contributed by atoms with Crippen LogP contribution in [0.5, 0.6) is 5.75 Å². The molecule has 1 aromatic heterocycles. The van der Waals surface area contributed by atoms with E-state index in [-0.39, 0.29) is 17.3 Å². The van der Waals surface area contributed by atoms with Gasteiger partial charge >= 0.3 is 5.97 Å². The maximum atomic E-state index is 12.0. The zero-order valence-electron chi connectivity index (χ0n) is 13.3. The molecule has 0 aliphatic carbocycles. The maximum Gasteiger partial charge on any atom is 0.343 e. The van der Waals surface area contributed by atoms with E-state index in [2.05, 4.69) is 65.4 Å². The number of methoxy groups -OCH3 is 1. The number of carbonyl (C=O) groups excluding carboxylic acids is 2. The molecule has 0 fully saturated rings. The zero-order chi connectivity index (χ0) is 19.1. The van der Waals surface area contributed by atoms with Gasteiger partial charge in [0.25, 0.3) is 5.91 Å². The van der Waals surface area contributed by atoms with E-state index in [1.165, 1.54) is 19.5 Å². The first-order valence-corrected chi connectivity index (χ1v) is 9.58. The van der Waals surface area contributed by atoms with Gasteiger partial charge in [0, 0.05) is 6.20 Å². The third kappa shape index (κ3) is 5.77. The lowest BCUT2D eigenvalue weighted by Crippen LogP contribution is -2.18. The molecule has 26 heavy (non-hydrogen) atoms. The van der Waals surface area contributed by atoms with Crippen LogP contribution in [0.3, 0.4) is 0 Å². The van der Waals surface area contributed by atoms with Crippen molar-refractivity contribution in [2.45, 2.75) is 0 Å². The number of hydrazone groups is 1. The molecule has 0 aliphatic rings. The van der Waals surface area contributed by atoms with Gasteiger partial charge in [0.05, 0.1) is 26.0 Å². The quantitative estimate of drug-likeness (QED) is 0.181. The number of hydrogen-bond donors (Lipinski definition) is 1. The van der Waals surface area contributed by atoms with Gasteiger partial charge in [0.1, 0.15) is 10.9 Å². The fraction of sp³-hybridized carbons (Fsp3) is 0.125. The van der Waals surface area contributed by atoms with E-state index in [4.69, 9.17) is 16.3 Å². The number of nitrogens with zero attached hydrogens (tertiary/aromatic N) is 2. The van der Waals surface area contributed by atoms with Gasteiger partial charge in [-0.05, 0) is 75.0 Å². The Balaban J connectivity index is 2.05. The van der Waals surface area contributed by atoms with Crippen LogP contribution < -0.4 is 10.2 Å². The second-order valence-corrected chi connectivity index (χ2v) is 7.40. The van der Waals surface area contributed by atoms with Crippen LogP contribution in [0.4, 0.5) is 0 Å². The van der Waals surface area contributed by atoms with Crippen LogP contribution in [0, 0.1) is 7.14 Å². The normalized spacial score (nSPS) is 10.6. The molecule has 0 radical (unpaired) electrons. The van der Waals surface area contributed by atoms with Crippen molar-refractivity contribution in [1.82, 2.24) is 10.4 Å². The largest absolute Gasteiger partial charge is 0.480 e. The summed E-state index contributed by atoms with van der Waals surface area (Å²) in [5, 5.41) is 4.03. The number of nitrogens with one attached hydrogen (secondary N) is 1. The van der Waals surface area contributed by atoms with Crippen molar-refractivity contribution >= 4 is 74.9 Å². The maximum absolute atomic E-state index is 12.0. The van der Waals surface area contributed by atoms with E-state index in [1.807, 2.05) is 12.1 Å². The first-order chi connectivity index (χ1) is 12.4. The smallest absolute Gasteiger partial charge is 0.343 e. The number of pyridine rings is 1. The average molecular weight is 600 g/mol. The third-order valence-electron chi connectivity index (χ3n) is 2.97. The molecule has 0 saturated carbocycles. The fourth-order valence-corrected chi connectivity index (χ4v) is 4.10. The molecule has 0 spiro atoms. The molecule has 2 aromatic rings. The Morgan fingerprint density at radius 1 is 1.35 bits per heavy atom. The highest BCUT2D eigenvalue weighted by molar-refractivity contribution is 14.1. The number of carbonyl (C=O) groups is 2. The Kier molecular flexibility index (Phi) is 8.03. The Morgan fingerprint density at radius 3 is 2.65 bits per heavy atom. The highest BCUT2D eigenvalue weighted by atomic mass is 127. The van der Waals surface area contributed by atoms with Crippen LogP contribution in [0.25, 0.3) is 0 Å². The molecule has 0 saturated heterocycles. The molecular weight excluding hydrogens is 587 g/mol. The Hall–Kier alpha value is -1.47. The number of rotatable bonds is 6. The average Bonchev–Trinajstić information content (AvgIpc) is 2.61. The van der Waals surface area contributed by atoms with E-state index in [9.17, 15) is 9.59 Å². The molecule has 2 rings (SSSR count). The summed E-state index contributed by atoms with van der Waals surface area (Å²) >= 11 is 10.0. The Bertz CT molecular complexity index is 838. The number of ether oxygens (including phenoxy) is 2. The van der Waals surface area contributed by atoms with Crippen molar-refractivity contribution in [3.05, 3.63) is 53.9 Å². The number of amides is 1. The number of hydrogen-bond acceptors (Lipinski definition) is 6. The van der Waals surface area contributed by atoms with Gasteiger partial charge in [-0.2, -0.15) is 5.10 Å². The van der Waals surface area contributed by atoms with Crippen LogP contribution in [0.2, 0.25) is 5.15 Å². The SMILES string of the molecule is COC(=O)COc1c(I)cc(C=NNC(=O)c2cccnc2Cl)cc1I. The molecule has 0 atom stereocenters. The van der Waals surface area contributed by atoms with Gasteiger partial charge < -0.3 is 9.47 Å². The Labute approximate surface area is 181 Å². The van der Waals surface area contributed by atoms with E-state index < -0.39 is 11.9 Å². The minimum absolute atomic E-state index is 0.108. The third-order valence-corrected chi connectivity index (χ3v) is 4.87. The van der Waals surface area contributed by atoms with Crippen LogP contribution in [0.1, 0.15) is 15.9 Å². The van der Waals surface area contributed by atoms with E-state index in [0.29, 0.717) is 5.75 Å². The highest BCUT2D eigenvalue weighted by Gasteiger charge is 2.12. The van der Waals surface area contributed by atoms with Gasteiger partial charge in [-0.25, -0.2) is 15.2 Å². The minimum atomic E-state index is -0.459. The van der Waals surface area contributed by atoms with Crippen LogP contribution in [0.15, 0.2) is 35.6 Å². The van der Waals surface area contributed by atoms with Gasteiger partial charge in [-0.3, -0.25) is 4.79 Å². The lowest BCUT2D eigenvalue weighted by Gasteiger charge is -2.10. The van der Waals surface area contributed by atoms with E-state index in [1.54, 1.807) is 12.1 Å². The van der Waals surface area contributed by atoms with Crippen molar-refractivity contribution < 1.29 is 19.1 Å². The first-order valence-electron chi connectivity index (χ1n) is 7.05. The summed E-state index contributed by atoms with van der Waals surface area (Å²) in [6.07, 6.45) is 2.99. The van der Waals surface area contributed by atoms with E-state index >= 15 is 0 Å². The first kappa shape index (κ1) is 20.8. The number of benzene rings is 1. The summed E-state index contributed by atoms with van der Waals surface area (Å²) < 4.78 is 11.6. The molecule has 1 aromatic carbocycles. The predicted octanol–water partition coefficient (Wildman–Crippen LogP) is 3.26. The molecule has 7 nitrogen and oxygen atoms in total. The standard InChI is InChI=1S/C16H12ClI2N3O4/c1-25-13(23)8-26-14-11(18)5-9(6-12(14)19)7-21-22-16(24)10-3-2-4-20-15(10)17/h2-7H,8H2,1H3,(H,22,24). The molecule has 136 valence electrons. The summed E-state index contributed by atoms with van der Waals surface area (Å²) in [4.78, 5) is 27.0. The highest BCUT2D eigenvalue weighted by Crippen LogP contribution is 2.28. The zero-order valence-corrected chi connectivity index (χ0v) is 18.4. The predicted molar refractivity (Wildman–Crippen MR) is 114 cm³/mol. The van der Waals surface area contributed by atoms with Gasteiger partial charge in [0.2, 0.25) is 0 Å². The topological polar surface area (TPSA) is 89.9 Å². The van der Waals surface area contributed by atoms with Crippen molar-refractivity contribution in [3.63, 3.8) is 0 Å². The number of aromatic nitrogens is 1. The molecule has 10 heteroatoms. The molecule has 1 N–H and O–H groups in total. The van der Waals surface area contributed by atoms with Crippen molar-refractivity contribution in [3.8, 4) is 5.75 Å². The van der Waals surface area contributed by atoms with Gasteiger partial charge in [-0.15, -0.1) is 0 Å². The van der Waals surface area contributed by atoms with E-state index in [0.717, 1.165) is 12.7 Å². The molecule has 1 amide bonds. The van der Waals surface area contributed by atoms with Crippen molar-refractivity contribution in [1.29, 1.82) is 0 Å². The lowest BCUT2D eigenvalue weighted by atomic mass is 10.2. The van der Waals surface area contributed by atoms with Gasteiger partial charge in [0.15, 0.2) is 6.61 Å². The lowest BCUT2D eigenvalue weighted by molar-refractivity contribution is -0.142. The molecule has 0 unspecified atom stereocenters. The number of halogens is 3. The fourth-order valence-electron chi connectivity index (χ4n) is 1.76. The summed E-state index contributed by atoms with van der Waals surface area (Å²) in [5.41, 5.74) is 3.39. The van der Waals surface area contributed by atoms with Crippen LogP contribution >= 0.6 is 56.8 Å². The van der Waals surface area contributed by atoms with Crippen molar-refractivity contribution in [2.24, 2.45) is 5.10 Å².